The third-order valence-electron chi connectivity index (χ3n) is 13.5. The second-order valence-corrected chi connectivity index (χ2v) is 19.6. The van der Waals surface area contributed by atoms with Crippen molar-refractivity contribution >= 4 is 33.5 Å². The fraction of sp³-hybridized carbons (Fsp3) is 0.200. The van der Waals surface area contributed by atoms with Crippen molar-refractivity contribution in [3.63, 3.8) is 0 Å². The number of rotatable bonds is 6. The highest BCUT2D eigenvalue weighted by Crippen LogP contribution is 2.55. The largest absolute Gasteiger partial charge is 0.457 e. The van der Waals surface area contributed by atoms with Gasteiger partial charge in [-0.3, -0.25) is 9.56 Å². The van der Waals surface area contributed by atoms with E-state index in [0.29, 0.717) is 0 Å². The van der Waals surface area contributed by atoms with Gasteiger partial charge in [-0.1, -0.05) is 128 Å². The zero-order valence-corrected chi connectivity index (χ0v) is 38.8. The number of hydrogen-bond donors (Lipinski definition) is 0. The zero-order valence-electron chi connectivity index (χ0n) is 38.8. The number of ether oxygens (including phenoxy) is 1. The lowest BCUT2D eigenvalue weighted by atomic mass is 9.78. The number of benzene rings is 7. The summed E-state index contributed by atoms with van der Waals surface area (Å²) >= 11 is 0. The summed E-state index contributed by atoms with van der Waals surface area (Å²) in [7, 11) is 0. The standard InChI is InChI=1S/C60H54N4O/c1-35-17-20-48-51(26-35)52-27-36(2)18-21-49(52)57-55(48)62-58(64(57)56-39(5)24-38(4)25-40(56)6)43-29-42(41-14-11-10-12-15-41)30-46(31-43)65-47-33-44(60(7,8)9)32-45(34-47)63-54-22-19-37(3)28-53(54)50-16-13-23-61-59(50)63/h10-34,55,57H,1-9H3/t55-,57+/m1/s1. The molecule has 2 atom stereocenters. The molecule has 5 nitrogen and oxygen atoms in total. The Labute approximate surface area is 382 Å². The van der Waals surface area contributed by atoms with Crippen LogP contribution in [0.4, 0.5) is 5.69 Å². The summed E-state index contributed by atoms with van der Waals surface area (Å²) in [6, 6.07) is 53.2. The van der Waals surface area contributed by atoms with Crippen LogP contribution in [0.15, 0.2) is 157 Å². The average molecular weight is 847 g/mol. The van der Waals surface area contributed by atoms with Gasteiger partial charge in [0.25, 0.3) is 0 Å². The molecule has 0 N–H and O–H groups in total. The van der Waals surface area contributed by atoms with Crippen molar-refractivity contribution in [1.29, 1.82) is 0 Å². The van der Waals surface area contributed by atoms with Crippen molar-refractivity contribution in [2.45, 2.75) is 79.8 Å². The summed E-state index contributed by atoms with van der Waals surface area (Å²) in [6.07, 6.45) is 1.89. The minimum absolute atomic E-state index is 0.0460. The summed E-state index contributed by atoms with van der Waals surface area (Å²) in [5, 5.41) is 2.32. The first-order valence-electron chi connectivity index (χ1n) is 22.9. The Morgan fingerprint density at radius 3 is 1.94 bits per heavy atom. The maximum absolute atomic E-state index is 7.21. The molecule has 1 aliphatic heterocycles. The third-order valence-corrected chi connectivity index (χ3v) is 13.5. The van der Waals surface area contributed by atoms with Crippen LogP contribution in [0.2, 0.25) is 0 Å². The summed E-state index contributed by atoms with van der Waals surface area (Å²) in [6.45, 7) is 20.0. The molecule has 1 aliphatic carbocycles. The van der Waals surface area contributed by atoms with Gasteiger partial charge in [0.05, 0.1) is 17.2 Å². The number of aromatic nitrogens is 2. The molecule has 320 valence electrons. The Hall–Kier alpha value is -7.24. The number of aliphatic imine (C=N–C) groups is 1. The van der Waals surface area contributed by atoms with Gasteiger partial charge in [-0.15, -0.1) is 0 Å². The van der Waals surface area contributed by atoms with E-state index in [1.54, 1.807) is 0 Å². The Balaban J connectivity index is 1.12. The minimum Gasteiger partial charge on any atom is -0.457 e. The van der Waals surface area contributed by atoms with Gasteiger partial charge in [0, 0.05) is 34.3 Å². The molecule has 7 aromatic carbocycles. The van der Waals surface area contributed by atoms with E-state index in [-0.39, 0.29) is 17.5 Å². The first-order valence-corrected chi connectivity index (χ1v) is 22.9. The van der Waals surface area contributed by atoms with E-state index >= 15 is 0 Å². The first-order chi connectivity index (χ1) is 31.3. The molecule has 0 radical (unpaired) electrons. The van der Waals surface area contributed by atoms with Crippen molar-refractivity contribution in [2.75, 3.05) is 4.90 Å². The van der Waals surface area contributed by atoms with Crippen LogP contribution in [0.1, 0.15) is 88.5 Å². The van der Waals surface area contributed by atoms with E-state index in [1.165, 1.54) is 72.3 Å². The van der Waals surface area contributed by atoms with Crippen LogP contribution >= 0.6 is 0 Å². The van der Waals surface area contributed by atoms with Crippen LogP contribution in [-0.4, -0.2) is 15.4 Å². The lowest BCUT2D eigenvalue weighted by Gasteiger charge is -2.38. The Kier molecular flexibility index (Phi) is 9.48. The number of fused-ring (bicyclic) bond motifs is 9. The van der Waals surface area contributed by atoms with Gasteiger partial charge in [0.2, 0.25) is 0 Å². The maximum atomic E-state index is 7.21. The van der Waals surface area contributed by atoms with Crippen molar-refractivity contribution in [3.05, 3.63) is 207 Å². The topological polar surface area (TPSA) is 42.6 Å². The molecule has 0 bridgehead atoms. The van der Waals surface area contributed by atoms with E-state index in [0.717, 1.165) is 56.3 Å². The normalized spacial score (nSPS) is 15.5. The molecule has 65 heavy (non-hydrogen) atoms. The van der Waals surface area contributed by atoms with Crippen molar-refractivity contribution in [3.8, 4) is 39.4 Å². The van der Waals surface area contributed by atoms with Crippen molar-refractivity contribution in [1.82, 2.24) is 9.55 Å². The second-order valence-electron chi connectivity index (χ2n) is 19.6. The molecule has 5 heteroatoms. The van der Waals surface area contributed by atoms with E-state index in [2.05, 4.69) is 211 Å². The van der Waals surface area contributed by atoms with E-state index in [4.69, 9.17) is 14.7 Å². The number of anilines is 1. The molecule has 9 aromatic rings. The molecule has 0 saturated heterocycles. The predicted molar refractivity (Wildman–Crippen MR) is 270 cm³/mol. The highest BCUT2D eigenvalue weighted by atomic mass is 16.5. The second kappa shape index (κ2) is 15.2. The summed E-state index contributed by atoms with van der Waals surface area (Å²) < 4.78 is 9.50. The molecule has 2 aromatic heterocycles. The predicted octanol–water partition coefficient (Wildman–Crippen LogP) is 15.5. The van der Waals surface area contributed by atoms with Crippen LogP contribution in [-0.2, 0) is 5.41 Å². The minimum atomic E-state index is -0.156. The third kappa shape index (κ3) is 6.93. The number of hydrogen-bond acceptors (Lipinski definition) is 4. The van der Waals surface area contributed by atoms with Crippen LogP contribution in [0.25, 0.3) is 49.9 Å². The molecule has 3 heterocycles. The van der Waals surface area contributed by atoms with E-state index < -0.39 is 0 Å². The Morgan fingerprint density at radius 1 is 0.538 bits per heavy atom. The SMILES string of the molecule is Cc1cc(C)c(N2C(c3cc(Oc4cc(-n5c6ccc(C)cc6c6cccnc65)cc(C(C)(C)C)c4)cc(-c4ccccc4)c3)=N[C@@H]3c4ccc(C)cc4-c4cc(C)ccc4[C@@H]32)c(C)c1. The van der Waals surface area contributed by atoms with Crippen LogP contribution < -0.4 is 9.64 Å². The van der Waals surface area contributed by atoms with E-state index in [9.17, 15) is 0 Å². The van der Waals surface area contributed by atoms with Crippen molar-refractivity contribution in [2.24, 2.45) is 4.99 Å². The monoisotopic (exact) mass is 846 g/mol. The number of amidine groups is 1. The molecule has 0 fully saturated rings. The molecular weight excluding hydrogens is 793 g/mol. The van der Waals surface area contributed by atoms with Crippen LogP contribution in [0, 0.1) is 41.5 Å². The first kappa shape index (κ1) is 40.5. The molecule has 11 rings (SSSR count). The molecule has 0 spiro atoms. The summed E-state index contributed by atoms with van der Waals surface area (Å²) in [4.78, 5) is 13.4. The maximum Gasteiger partial charge on any atom is 0.145 e. The molecule has 0 amide bonds. The van der Waals surface area contributed by atoms with Gasteiger partial charge < -0.3 is 9.64 Å². The molecular formula is C60H54N4O. The van der Waals surface area contributed by atoms with Crippen LogP contribution in [0.5, 0.6) is 11.5 Å². The number of aryl methyl sites for hydroxylation is 6. The number of nitrogens with zero attached hydrogens (tertiary/aromatic N) is 4. The fourth-order valence-corrected chi connectivity index (χ4v) is 10.6. The lowest BCUT2D eigenvalue weighted by molar-refractivity contribution is 0.478. The zero-order chi connectivity index (χ0) is 44.9. The van der Waals surface area contributed by atoms with Gasteiger partial charge >= 0.3 is 0 Å². The molecule has 0 unspecified atom stereocenters. The lowest BCUT2D eigenvalue weighted by Crippen LogP contribution is -2.35. The highest BCUT2D eigenvalue weighted by Gasteiger charge is 2.45. The average Bonchev–Trinajstić information content (AvgIpc) is 3.82. The number of pyridine rings is 1. The van der Waals surface area contributed by atoms with Gasteiger partial charge in [-0.25, -0.2) is 4.98 Å². The van der Waals surface area contributed by atoms with Crippen LogP contribution in [0.3, 0.4) is 0 Å². The smallest absolute Gasteiger partial charge is 0.145 e. The Bertz CT molecular complexity index is 3400. The van der Waals surface area contributed by atoms with Gasteiger partial charge in [0.15, 0.2) is 0 Å². The molecule has 2 aliphatic rings. The van der Waals surface area contributed by atoms with Gasteiger partial charge in [0.1, 0.15) is 29.0 Å². The quantitative estimate of drug-likeness (QED) is 0.167. The van der Waals surface area contributed by atoms with Gasteiger partial charge in [-0.05, 0) is 152 Å². The Morgan fingerprint density at radius 2 is 1.20 bits per heavy atom. The van der Waals surface area contributed by atoms with E-state index in [1.807, 2.05) is 12.3 Å². The van der Waals surface area contributed by atoms with Crippen molar-refractivity contribution < 1.29 is 4.74 Å². The summed E-state index contributed by atoms with van der Waals surface area (Å²) in [5.74, 6) is 2.45. The molecule has 0 saturated carbocycles. The van der Waals surface area contributed by atoms with Gasteiger partial charge in [-0.2, -0.15) is 0 Å². The highest BCUT2D eigenvalue weighted by molar-refractivity contribution is 6.14. The fourth-order valence-electron chi connectivity index (χ4n) is 10.6. The summed E-state index contributed by atoms with van der Waals surface area (Å²) in [5.41, 5.74) is 21.0.